The summed E-state index contributed by atoms with van der Waals surface area (Å²) in [7, 11) is 0. The third-order valence-electron chi connectivity index (χ3n) is 2.32. The summed E-state index contributed by atoms with van der Waals surface area (Å²) < 4.78 is 35.9. The molecule has 0 atom stereocenters. The number of Topliss-reactive ketones (excluding diaryl/α,β-unsaturated/α-hetero) is 1. The number of carbonyl (C=O) groups excluding carboxylic acids is 2. The molecule has 0 aromatic rings. The summed E-state index contributed by atoms with van der Waals surface area (Å²) in [5.41, 5.74) is -0.893. The fourth-order valence-electron chi connectivity index (χ4n) is 1.51. The van der Waals surface area contributed by atoms with Crippen LogP contribution in [0.2, 0.25) is 0 Å². The second-order valence-corrected chi connectivity index (χ2v) is 4.26. The van der Waals surface area contributed by atoms with Gasteiger partial charge in [0, 0.05) is 19.4 Å². The van der Waals surface area contributed by atoms with Gasteiger partial charge in [-0.1, -0.05) is 0 Å². The zero-order chi connectivity index (χ0) is 12.6. The number of ketones is 1. The van der Waals surface area contributed by atoms with Crippen LogP contribution in [0.5, 0.6) is 0 Å². The van der Waals surface area contributed by atoms with Gasteiger partial charge in [0.2, 0.25) is 0 Å². The van der Waals surface area contributed by atoms with Crippen LogP contribution in [0, 0.1) is 0 Å². The molecule has 0 aromatic carbocycles. The topological polar surface area (TPSA) is 46.6 Å². The van der Waals surface area contributed by atoms with E-state index in [0.29, 0.717) is 0 Å². The molecule has 1 aliphatic heterocycles. The Labute approximate surface area is 90.3 Å². The quantitative estimate of drug-likeness (QED) is 0.694. The Bertz CT molecular complexity index is 312. The van der Waals surface area contributed by atoms with Crippen LogP contribution in [-0.4, -0.2) is 35.1 Å². The second kappa shape index (κ2) is 4.04. The molecule has 1 aliphatic rings. The molecule has 0 radical (unpaired) electrons. The zero-order valence-corrected chi connectivity index (χ0v) is 8.93. The summed E-state index contributed by atoms with van der Waals surface area (Å²) in [4.78, 5) is 26.0. The van der Waals surface area contributed by atoms with Crippen LogP contribution in [0.3, 0.4) is 0 Å². The Kier molecular flexibility index (Phi) is 3.27. The molecule has 0 aliphatic carbocycles. The maximum absolute atomic E-state index is 12.0. The number of carbonyl (C=O) groups is 2. The van der Waals surface area contributed by atoms with Gasteiger partial charge in [0.05, 0.1) is 5.54 Å². The van der Waals surface area contributed by atoms with E-state index in [4.69, 9.17) is 0 Å². The molecule has 0 spiro atoms. The van der Waals surface area contributed by atoms with Crippen LogP contribution in [0.4, 0.5) is 13.2 Å². The molecule has 0 saturated carbocycles. The molecule has 16 heavy (non-hydrogen) atoms. The zero-order valence-electron chi connectivity index (χ0n) is 8.93. The third-order valence-corrected chi connectivity index (χ3v) is 2.32. The Balaban J connectivity index is 2.68. The van der Waals surface area contributed by atoms with Crippen LogP contribution in [0.25, 0.3) is 0 Å². The molecule has 7 heteroatoms. The van der Waals surface area contributed by atoms with Gasteiger partial charge in [-0.15, -0.1) is 5.06 Å². The summed E-state index contributed by atoms with van der Waals surface area (Å²) in [6.45, 7) is 3.09. The Morgan fingerprint density at radius 3 is 2.44 bits per heavy atom. The Morgan fingerprint density at radius 1 is 1.44 bits per heavy atom. The lowest BCUT2D eigenvalue weighted by Crippen LogP contribution is -2.52. The molecule has 0 amide bonds. The van der Waals surface area contributed by atoms with E-state index >= 15 is 0 Å². The number of hydrogen-bond acceptors (Lipinski definition) is 4. The summed E-state index contributed by atoms with van der Waals surface area (Å²) in [5, 5.41) is 0.921. The fraction of sp³-hybridized carbons (Fsp3) is 0.778. The maximum atomic E-state index is 12.0. The van der Waals surface area contributed by atoms with Crippen molar-refractivity contribution in [3.05, 3.63) is 0 Å². The predicted molar refractivity (Wildman–Crippen MR) is 47.2 cm³/mol. The molecular formula is C9H12F3NO3. The molecule has 0 bridgehead atoms. The SMILES string of the molecule is CC1(C)CC(=O)CCN1OC(=O)C(F)(F)F. The van der Waals surface area contributed by atoms with Gasteiger partial charge in [-0.3, -0.25) is 4.79 Å². The van der Waals surface area contributed by atoms with Crippen LogP contribution in [0.15, 0.2) is 0 Å². The van der Waals surface area contributed by atoms with Crippen LogP contribution in [-0.2, 0) is 14.4 Å². The van der Waals surface area contributed by atoms with E-state index in [2.05, 4.69) is 4.84 Å². The lowest BCUT2D eigenvalue weighted by atomic mass is 9.92. The van der Waals surface area contributed by atoms with Gasteiger partial charge >= 0.3 is 12.1 Å². The molecule has 1 rings (SSSR count). The largest absolute Gasteiger partial charge is 0.492 e. The average Bonchev–Trinajstić information content (AvgIpc) is 2.06. The van der Waals surface area contributed by atoms with Gasteiger partial charge in [-0.25, -0.2) is 4.79 Å². The van der Waals surface area contributed by atoms with Gasteiger partial charge in [0.1, 0.15) is 5.78 Å². The van der Waals surface area contributed by atoms with Gasteiger partial charge in [0.25, 0.3) is 0 Å². The normalized spacial score (nSPS) is 21.9. The molecule has 0 N–H and O–H groups in total. The van der Waals surface area contributed by atoms with Crippen LogP contribution < -0.4 is 0 Å². The summed E-state index contributed by atoms with van der Waals surface area (Å²) in [6, 6.07) is 0. The molecule has 1 fully saturated rings. The second-order valence-electron chi connectivity index (χ2n) is 4.26. The van der Waals surface area contributed by atoms with Gasteiger partial charge in [-0.05, 0) is 13.8 Å². The molecule has 92 valence electrons. The molecule has 0 aromatic heterocycles. The number of hydrogen-bond donors (Lipinski definition) is 0. The summed E-state index contributed by atoms with van der Waals surface area (Å²) >= 11 is 0. The van der Waals surface area contributed by atoms with Crippen molar-refractivity contribution in [1.82, 2.24) is 5.06 Å². The molecule has 4 nitrogen and oxygen atoms in total. The van der Waals surface area contributed by atoms with Gasteiger partial charge in [-0.2, -0.15) is 13.2 Å². The van der Waals surface area contributed by atoms with E-state index in [-0.39, 0.29) is 25.2 Å². The van der Waals surface area contributed by atoms with Crippen molar-refractivity contribution in [1.29, 1.82) is 0 Å². The number of rotatable bonds is 1. The highest BCUT2D eigenvalue weighted by Crippen LogP contribution is 2.27. The van der Waals surface area contributed by atoms with E-state index in [9.17, 15) is 22.8 Å². The molecule has 1 saturated heterocycles. The number of piperidine rings is 1. The van der Waals surface area contributed by atoms with Crippen LogP contribution in [0.1, 0.15) is 26.7 Å². The van der Waals surface area contributed by atoms with E-state index in [1.54, 1.807) is 13.8 Å². The van der Waals surface area contributed by atoms with E-state index in [1.807, 2.05) is 0 Å². The third kappa shape index (κ3) is 2.94. The highest BCUT2D eigenvalue weighted by atomic mass is 19.4. The van der Waals surface area contributed by atoms with E-state index in [0.717, 1.165) is 5.06 Å². The summed E-state index contributed by atoms with van der Waals surface area (Å²) in [6.07, 6.45) is -4.86. The average molecular weight is 239 g/mol. The van der Waals surface area contributed by atoms with Gasteiger partial charge in [0.15, 0.2) is 0 Å². The van der Waals surface area contributed by atoms with E-state index < -0.39 is 17.7 Å². The van der Waals surface area contributed by atoms with Gasteiger partial charge < -0.3 is 4.84 Å². The maximum Gasteiger partial charge on any atom is 0.492 e. The number of nitrogens with zero attached hydrogens (tertiary/aromatic N) is 1. The predicted octanol–water partition coefficient (Wildman–Crippen LogP) is 1.45. The minimum Gasteiger partial charge on any atom is -0.360 e. The monoisotopic (exact) mass is 239 g/mol. The number of hydroxylamine groups is 2. The van der Waals surface area contributed by atoms with Crippen molar-refractivity contribution in [2.24, 2.45) is 0 Å². The lowest BCUT2D eigenvalue weighted by molar-refractivity contribution is -0.259. The molecule has 1 heterocycles. The van der Waals surface area contributed by atoms with Crippen molar-refractivity contribution in [3.8, 4) is 0 Å². The van der Waals surface area contributed by atoms with Crippen molar-refractivity contribution < 1.29 is 27.6 Å². The Morgan fingerprint density at radius 2 is 2.00 bits per heavy atom. The van der Waals surface area contributed by atoms with E-state index in [1.165, 1.54) is 0 Å². The van der Waals surface area contributed by atoms with Crippen molar-refractivity contribution in [3.63, 3.8) is 0 Å². The smallest absolute Gasteiger partial charge is 0.360 e. The lowest BCUT2D eigenvalue weighted by Gasteiger charge is -2.39. The number of alkyl halides is 3. The summed E-state index contributed by atoms with van der Waals surface area (Å²) in [5.74, 6) is -2.31. The standard InChI is InChI=1S/C9H12F3NO3/c1-8(2)5-6(14)3-4-13(8)16-7(15)9(10,11)12/h3-5H2,1-2H3. The fourth-order valence-corrected chi connectivity index (χ4v) is 1.51. The minimum absolute atomic E-state index is 0.00630. The first-order valence-corrected chi connectivity index (χ1v) is 4.71. The highest BCUT2D eigenvalue weighted by Gasteiger charge is 2.45. The first-order chi connectivity index (χ1) is 7.13. The van der Waals surface area contributed by atoms with Crippen molar-refractivity contribution in [2.45, 2.75) is 38.4 Å². The molecule has 0 unspecified atom stereocenters. The van der Waals surface area contributed by atoms with Crippen molar-refractivity contribution in [2.75, 3.05) is 6.54 Å². The first kappa shape index (κ1) is 13.0. The highest BCUT2D eigenvalue weighted by molar-refractivity contribution is 5.81. The number of halogens is 3. The molecular weight excluding hydrogens is 227 g/mol. The van der Waals surface area contributed by atoms with Crippen molar-refractivity contribution >= 4 is 11.8 Å². The minimum atomic E-state index is -5.02. The van der Waals surface area contributed by atoms with Crippen LogP contribution >= 0.6 is 0 Å². The Hall–Kier alpha value is -1.11. The first-order valence-electron chi connectivity index (χ1n) is 4.71.